The SMILES string of the molecule is CCOc1ccc(S(=O)(=O)N[C@@H](C)C(=O)NC2CCCCCC2)cc1C. The Bertz CT molecular complexity index is 710. The second-order valence-corrected chi connectivity index (χ2v) is 8.61. The molecule has 0 unspecified atom stereocenters. The quantitative estimate of drug-likeness (QED) is 0.710. The van der Waals surface area contributed by atoms with E-state index >= 15 is 0 Å². The number of nitrogens with one attached hydrogen (secondary N) is 2. The maximum Gasteiger partial charge on any atom is 0.241 e. The Morgan fingerprint density at radius 2 is 1.88 bits per heavy atom. The van der Waals surface area contributed by atoms with Crippen LogP contribution in [-0.2, 0) is 14.8 Å². The normalized spacial score (nSPS) is 17.3. The largest absolute Gasteiger partial charge is 0.494 e. The van der Waals surface area contributed by atoms with Gasteiger partial charge in [0, 0.05) is 6.04 Å². The van der Waals surface area contributed by atoms with Crippen molar-refractivity contribution in [2.45, 2.75) is 76.3 Å². The fraction of sp³-hybridized carbons (Fsp3) is 0.632. The zero-order valence-electron chi connectivity index (χ0n) is 15.9. The van der Waals surface area contributed by atoms with Gasteiger partial charge in [-0.25, -0.2) is 8.42 Å². The second-order valence-electron chi connectivity index (χ2n) is 6.90. The lowest BCUT2D eigenvalue weighted by atomic mass is 10.1. The van der Waals surface area contributed by atoms with Crippen molar-refractivity contribution in [3.8, 4) is 5.75 Å². The number of sulfonamides is 1. The summed E-state index contributed by atoms with van der Waals surface area (Å²) in [5.74, 6) is 0.383. The summed E-state index contributed by atoms with van der Waals surface area (Å²) < 4.78 is 33.1. The van der Waals surface area contributed by atoms with Crippen molar-refractivity contribution < 1.29 is 17.9 Å². The summed E-state index contributed by atoms with van der Waals surface area (Å²) in [5.41, 5.74) is 0.741. The van der Waals surface area contributed by atoms with Crippen LogP contribution in [0.1, 0.15) is 57.9 Å². The molecule has 2 rings (SSSR count). The lowest BCUT2D eigenvalue weighted by Gasteiger charge is -2.20. The molecule has 1 saturated carbocycles. The van der Waals surface area contributed by atoms with Gasteiger partial charge >= 0.3 is 0 Å². The first-order chi connectivity index (χ1) is 12.3. The molecule has 2 N–H and O–H groups in total. The molecule has 1 amide bonds. The summed E-state index contributed by atoms with van der Waals surface area (Å²) >= 11 is 0. The van der Waals surface area contributed by atoms with Crippen molar-refractivity contribution in [2.75, 3.05) is 6.61 Å². The molecule has 0 saturated heterocycles. The number of amides is 1. The molecule has 1 aliphatic rings. The van der Waals surface area contributed by atoms with E-state index in [1.54, 1.807) is 26.0 Å². The Hall–Kier alpha value is -1.60. The highest BCUT2D eigenvalue weighted by Crippen LogP contribution is 2.22. The lowest BCUT2D eigenvalue weighted by molar-refractivity contribution is -0.123. The minimum Gasteiger partial charge on any atom is -0.494 e. The molecule has 1 aliphatic carbocycles. The summed E-state index contributed by atoms with van der Waals surface area (Å²) in [6.07, 6.45) is 6.54. The number of rotatable bonds is 7. The Balaban J connectivity index is 2.00. The molecule has 0 radical (unpaired) electrons. The molecule has 1 aromatic carbocycles. The van der Waals surface area contributed by atoms with Crippen LogP contribution in [0.4, 0.5) is 0 Å². The Labute approximate surface area is 156 Å². The molecular weight excluding hydrogens is 352 g/mol. The molecule has 0 heterocycles. The predicted molar refractivity (Wildman–Crippen MR) is 102 cm³/mol. The van der Waals surface area contributed by atoms with Crippen molar-refractivity contribution >= 4 is 15.9 Å². The fourth-order valence-electron chi connectivity index (χ4n) is 3.21. The van der Waals surface area contributed by atoms with E-state index in [9.17, 15) is 13.2 Å². The summed E-state index contributed by atoms with van der Waals surface area (Å²) in [7, 11) is -3.77. The molecule has 1 aromatic rings. The number of benzene rings is 1. The van der Waals surface area contributed by atoms with E-state index in [1.165, 1.54) is 18.9 Å². The molecular formula is C19H30N2O4S. The first kappa shape index (κ1) is 20.7. The van der Waals surface area contributed by atoms with Gasteiger partial charge in [0.2, 0.25) is 15.9 Å². The predicted octanol–water partition coefficient (Wildman–Crippen LogP) is 2.90. The number of hydrogen-bond acceptors (Lipinski definition) is 4. The van der Waals surface area contributed by atoms with E-state index in [1.807, 2.05) is 6.92 Å². The van der Waals surface area contributed by atoms with Gasteiger partial charge in [0.15, 0.2) is 0 Å². The molecule has 0 spiro atoms. The molecule has 6 nitrogen and oxygen atoms in total. The number of carbonyl (C=O) groups is 1. The smallest absolute Gasteiger partial charge is 0.241 e. The minimum atomic E-state index is -3.77. The monoisotopic (exact) mass is 382 g/mol. The summed E-state index contributed by atoms with van der Waals surface area (Å²) in [6, 6.07) is 4.02. The molecule has 7 heteroatoms. The highest BCUT2D eigenvalue weighted by molar-refractivity contribution is 7.89. The van der Waals surface area contributed by atoms with Gasteiger partial charge in [-0.15, -0.1) is 0 Å². The number of carbonyl (C=O) groups excluding carboxylic acids is 1. The summed E-state index contributed by atoms with van der Waals surface area (Å²) in [5, 5.41) is 2.98. The number of aryl methyl sites for hydroxylation is 1. The van der Waals surface area contributed by atoms with Crippen LogP contribution in [0, 0.1) is 6.92 Å². The van der Waals surface area contributed by atoms with Crippen molar-refractivity contribution in [1.29, 1.82) is 0 Å². The van der Waals surface area contributed by atoms with Crippen LogP contribution in [0.25, 0.3) is 0 Å². The van der Waals surface area contributed by atoms with Crippen LogP contribution in [0.2, 0.25) is 0 Å². The molecule has 1 atom stereocenters. The first-order valence-corrected chi connectivity index (χ1v) is 10.9. The van der Waals surface area contributed by atoms with E-state index in [0.29, 0.717) is 12.4 Å². The standard InChI is InChI=1S/C19H30N2O4S/c1-4-25-18-12-11-17(13-14(18)2)26(23,24)21-15(3)19(22)20-16-9-7-5-6-8-10-16/h11-13,15-16,21H,4-10H2,1-3H3,(H,20,22)/t15-/m0/s1. The molecule has 146 valence electrons. The summed E-state index contributed by atoms with van der Waals surface area (Å²) in [6.45, 7) is 5.76. The average molecular weight is 383 g/mol. The van der Waals surface area contributed by atoms with E-state index < -0.39 is 16.1 Å². The Kier molecular flexibility index (Phi) is 7.46. The molecule has 26 heavy (non-hydrogen) atoms. The van der Waals surface area contributed by atoms with Crippen LogP contribution in [-0.4, -0.2) is 33.0 Å². The second kappa shape index (κ2) is 9.37. The van der Waals surface area contributed by atoms with Gasteiger partial charge < -0.3 is 10.1 Å². The van der Waals surface area contributed by atoms with Gasteiger partial charge in [-0.3, -0.25) is 4.79 Å². The van der Waals surface area contributed by atoms with Crippen LogP contribution in [0.5, 0.6) is 5.75 Å². The first-order valence-electron chi connectivity index (χ1n) is 9.39. The number of hydrogen-bond donors (Lipinski definition) is 2. The van der Waals surface area contributed by atoms with Crippen LogP contribution in [0.15, 0.2) is 23.1 Å². The molecule has 0 bridgehead atoms. The maximum atomic E-state index is 12.6. The van der Waals surface area contributed by atoms with Gasteiger partial charge in [0.1, 0.15) is 5.75 Å². The number of ether oxygens (including phenoxy) is 1. The van der Waals surface area contributed by atoms with Gasteiger partial charge in [-0.1, -0.05) is 25.7 Å². The lowest BCUT2D eigenvalue weighted by Crippen LogP contribution is -2.47. The Morgan fingerprint density at radius 3 is 2.46 bits per heavy atom. The van der Waals surface area contributed by atoms with Crippen molar-refractivity contribution in [3.63, 3.8) is 0 Å². The minimum absolute atomic E-state index is 0.132. The highest BCUT2D eigenvalue weighted by Gasteiger charge is 2.24. The van der Waals surface area contributed by atoms with Gasteiger partial charge in [0.05, 0.1) is 17.5 Å². The van der Waals surface area contributed by atoms with E-state index in [4.69, 9.17) is 4.74 Å². The van der Waals surface area contributed by atoms with Crippen molar-refractivity contribution in [3.05, 3.63) is 23.8 Å². The van der Waals surface area contributed by atoms with Crippen molar-refractivity contribution in [2.24, 2.45) is 0 Å². The topological polar surface area (TPSA) is 84.5 Å². The third-order valence-corrected chi connectivity index (χ3v) is 6.22. The fourth-order valence-corrected chi connectivity index (χ4v) is 4.50. The van der Waals surface area contributed by atoms with Crippen LogP contribution < -0.4 is 14.8 Å². The zero-order valence-corrected chi connectivity index (χ0v) is 16.7. The summed E-state index contributed by atoms with van der Waals surface area (Å²) in [4.78, 5) is 12.5. The molecule has 1 fully saturated rings. The van der Waals surface area contributed by atoms with Crippen LogP contribution in [0.3, 0.4) is 0 Å². The Morgan fingerprint density at radius 1 is 1.23 bits per heavy atom. The average Bonchev–Trinajstić information content (AvgIpc) is 2.85. The van der Waals surface area contributed by atoms with Crippen LogP contribution >= 0.6 is 0 Å². The van der Waals surface area contributed by atoms with Gasteiger partial charge in [-0.05, 0) is 57.4 Å². The molecule has 0 aromatic heterocycles. The van der Waals surface area contributed by atoms with E-state index in [0.717, 1.165) is 31.2 Å². The van der Waals surface area contributed by atoms with Gasteiger partial charge in [0.25, 0.3) is 0 Å². The van der Waals surface area contributed by atoms with E-state index in [2.05, 4.69) is 10.0 Å². The zero-order chi connectivity index (χ0) is 19.2. The molecule has 0 aliphatic heterocycles. The van der Waals surface area contributed by atoms with E-state index in [-0.39, 0.29) is 16.8 Å². The maximum absolute atomic E-state index is 12.6. The highest BCUT2D eigenvalue weighted by atomic mass is 32.2. The van der Waals surface area contributed by atoms with Gasteiger partial charge in [-0.2, -0.15) is 4.72 Å². The van der Waals surface area contributed by atoms with Crippen molar-refractivity contribution in [1.82, 2.24) is 10.0 Å². The third-order valence-electron chi connectivity index (χ3n) is 4.68. The third kappa shape index (κ3) is 5.71.